The molecule has 11 nitrogen and oxygen atoms in total. The number of hydrogen-bond donors (Lipinski definition) is 3. The van der Waals surface area contributed by atoms with Gasteiger partial charge in [-0.15, -0.1) is 0 Å². The highest BCUT2D eigenvalue weighted by molar-refractivity contribution is 5.89. The maximum atomic E-state index is 12.3. The lowest BCUT2D eigenvalue weighted by Crippen LogP contribution is -2.52. The second kappa shape index (κ2) is 9.44. The molecule has 0 spiro atoms. The van der Waals surface area contributed by atoms with E-state index in [1.54, 1.807) is 11.2 Å². The summed E-state index contributed by atoms with van der Waals surface area (Å²) in [5.41, 5.74) is 0.930. The maximum absolute atomic E-state index is 12.3. The Balaban J connectivity index is 0.000000755. The van der Waals surface area contributed by atoms with Crippen LogP contribution in [0.3, 0.4) is 0 Å². The number of aromatic nitrogens is 5. The lowest BCUT2D eigenvalue weighted by molar-refractivity contribution is -0.122. The molecule has 1 saturated heterocycles. The number of fused-ring (bicyclic) bond motifs is 1. The molecule has 11 heteroatoms. The summed E-state index contributed by atoms with van der Waals surface area (Å²) < 4.78 is 0. The highest BCUT2D eigenvalue weighted by Crippen LogP contribution is 2.23. The molecule has 1 aromatic carbocycles. The van der Waals surface area contributed by atoms with Crippen LogP contribution >= 0.6 is 0 Å². The van der Waals surface area contributed by atoms with E-state index in [-0.39, 0.29) is 12.5 Å². The van der Waals surface area contributed by atoms with Crippen LogP contribution in [0.4, 0.5) is 10.6 Å². The number of hydrogen-bond acceptors (Lipinski definition) is 7. The number of urea groups is 1. The van der Waals surface area contributed by atoms with Crippen molar-refractivity contribution in [3.8, 4) is 0 Å². The molecule has 29 heavy (non-hydrogen) atoms. The van der Waals surface area contributed by atoms with Crippen molar-refractivity contribution in [2.45, 2.75) is 13.5 Å². The highest BCUT2D eigenvalue weighted by Gasteiger charge is 2.23. The summed E-state index contributed by atoms with van der Waals surface area (Å²) in [6.07, 6.45) is 1.59. The molecule has 3 heterocycles. The van der Waals surface area contributed by atoms with E-state index in [9.17, 15) is 4.79 Å². The van der Waals surface area contributed by atoms with Gasteiger partial charge in [0, 0.05) is 31.6 Å². The molecule has 152 valence electrons. The molecule has 0 saturated carbocycles. The van der Waals surface area contributed by atoms with Crippen molar-refractivity contribution < 1.29 is 14.7 Å². The fourth-order valence-electron chi connectivity index (χ4n) is 3.10. The smallest absolute Gasteiger partial charge is 0.317 e. The van der Waals surface area contributed by atoms with Crippen LogP contribution in [0.1, 0.15) is 11.6 Å². The number of amides is 2. The van der Waals surface area contributed by atoms with Gasteiger partial charge in [0.1, 0.15) is 18.0 Å². The first-order chi connectivity index (χ1) is 14.1. The van der Waals surface area contributed by atoms with E-state index in [4.69, 9.17) is 9.90 Å². The summed E-state index contributed by atoms with van der Waals surface area (Å²) in [6, 6.07) is 7.87. The van der Waals surface area contributed by atoms with Gasteiger partial charge in [0.15, 0.2) is 5.82 Å². The Morgan fingerprint density at radius 1 is 1.24 bits per heavy atom. The van der Waals surface area contributed by atoms with Crippen LogP contribution in [0.15, 0.2) is 30.6 Å². The SMILES string of the molecule is Cc1nc(CNC(=O)N2CCN(c3ncnc4ccccc34)CC2)n[nH]1.O=CO. The van der Waals surface area contributed by atoms with Crippen molar-refractivity contribution in [1.29, 1.82) is 0 Å². The normalized spacial score (nSPS) is 13.6. The van der Waals surface area contributed by atoms with E-state index in [0.29, 0.717) is 25.5 Å². The van der Waals surface area contributed by atoms with Gasteiger partial charge in [0.2, 0.25) is 0 Å². The monoisotopic (exact) mass is 398 g/mol. The Bertz CT molecular complexity index is 963. The summed E-state index contributed by atoms with van der Waals surface area (Å²) in [7, 11) is 0. The number of nitrogens with zero attached hydrogens (tertiary/aromatic N) is 6. The average Bonchev–Trinajstić information content (AvgIpc) is 3.17. The number of benzene rings is 1. The largest absolute Gasteiger partial charge is 0.483 e. The number of carbonyl (C=O) groups is 2. The van der Waals surface area contributed by atoms with Crippen molar-refractivity contribution in [2.24, 2.45) is 0 Å². The summed E-state index contributed by atoms with van der Waals surface area (Å²) in [5, 5.41) is 17.6. The molecule has 2 amide bonds. The van der Waals surface area contributed by atoms with E-state index >= 15 is 0 Å². The van der Waals surface area contributed by atoms with Gasteiger partial charge in [-0.2, -0.15) is 5.10 Å². The van der Waals surface area contributed by atoms with Gasteiger partial charge in [-0.25, -0.2) is 19.7 Å². The first-order valence-electron chi connectivity index (χ1n) is 9.05. The summed E-state index contributed by atoms with van der Waals surface area (Å²) in [6.45, 7) is 4.63. The zero-order chi connectivity index (χ0) is 20.6. The zero-order valence-electron chi connectivity index (χ0n) is 15.9. The predicted molar refractivity (Wildman–Crippen MR) is 105 cm³/mol. The molecule has 0 radical (unpaired) electrons. The Kier molecular flexibility index (Phi) is 6.51. The third kappa shape index (κ3) is 4.94. The van der Waals surface area contributed by atoms with Crippen molar-refractivity contribution in [2.75, 3.05) is 31.1 Å². The molecule has 1 fully saturated rings. The molecule has 3 aromatic rings. The van der Waals surface area contributed by atoms with Crippen LogP contribution < -0.4 is 10.2 Å². The minimum absolute atomic E-state index is 0.0975. The second-order valence-electron chi connectivity index (χ2n) is 6.29. The van der Waals surface area contributed by atoms with E-state index in [1.807, 2.05) is 31.2 Å². The zero-order valence-corrected chi connectivity index (χ0v) is 15.9. The van der Waals surface area contributed by atoms with Crippen LogP contribution in [-0.4, -0.2) is 73.8 Å². The van der Waals surface area contributed by atoms with Gasteiger partial charge in [-0.05, 0) is 19.1 Å². The fourth-order valence-corrected chi connectivity index (χ4v) is 3.10. The number of nitrogens with one attached hydrogen (secondary N) is 2. The molecule has 0 unspecified atom stereocenters. The van der Waals surface area contributed by atoms with E-state index in [0.717, 1.165) is 35.6 Å². The molecule has 0 atom stereocenters. The van der Waals surface area contributed by atoms with Crippen molar-refractivity contribution in [3.05, 3.63) is 42.2 Å². The van der Waals surface area contributed by atoms with Gasteiger partial charge in [-0.1, -0.05) is 12.1 Å². The van der Waals surface area contributed by atoms with Crippen molar-refractivity contribution in [3.63, 3.8) is 0 Å². The Labute approximate surface area is 166 Å². The van der Waals surface area contributed by atoms with E-state index in [1.165, 1.54) is 0 Å². The number of aryl methyl sites for hydroxylation is 1. The number of carbonyl (C=O) groups excluding carboxylic acids is 1. The molecule has 1 aliphatic heterocycles. The third-order valence-corrected chi connectivity index (χ3v) is 4.43. The lowest BCUT2D eigenvalue weighted by atomic mass is 10.2. The summed E-state index contributed by atoms with van der Waals surface area (Å²) in [4.78, 5) is 37.7. The van der Waals surface area contributed by atoms with Crippen molar-refractivity contribution in [1.82, 2.24) is 35.4 Å². The van der Waals surface area contributed by atoms with E-state index in [2.05, 4.69) is 35.4 Å². The molecule has 0 aliphatic carbocycles. The van der Waals surface area contributed by atoms with Gasteiger partial charge >= 0.3 is 6.03 Å². The highest BCUT2D eigenvalue weighted by atomic mass is 16.3. The summed E-state index contributed by atoms with van der Waals surface area (Å²) >= 11 is 0. The number of aromatic amines is 1. The molecular formula is C18H22N8O3. The van der Waals surface area contributed by atoms with Gasteiger partial charge in [0.05, 0.1) is 12.1 Å². The third-order valence-electron chi connectivity index (χ3n) is 4.43. The maximum Gasteiger partial charge on any atom is 0.317 e. The van der Waals surface area contributed by atoms with Crippen LogP contribution in [0.25, 0.3) is 10.9 Å². The first kappa shape index (κ1) is 20.0. The van der Waals surface area contributed by atoms with Crippen LogP contribution in [0, 0.1) is 6.92 Å². The number of para-hydroxylation sites is 1. The Hall–Kier alpha value is -3.76. The van der Waals surface area contributed by atoms with Crippen molar-refractivity contribution >= 4 is 29.2 Å². The number of piperazine rings is 1. The minimum atomic E-state index is -0.250. The molecule has 2 aromatic heterocycles. The average molecular weight is 398 g/mol. The number of anilines is 1. The van der Waals surface area contributed by atoms with E-state index < -0.39 is 0 Å². The number of rotatable bonds is 3. The van der Waals surface area contributed by atoms with Crippen LogP contribution in [0.5, 0.6) is 0 Å². The Morgan fingerprint density at radius 2 is 1.97 bits per heavy atom. The molecular weight excluding hydrogens is 376 g/mol. The van der Waals surface area contributed by atoms with Crippen LogP contribution in [0.2, 0.25) is 0 Å². The van der Waals surface area contributed by atoms with Crippen LogP contribution in [-0.2, 0) is 11.3 Å². The molecule has 3 N–H and O–H groups in total. The minimum Gasteiger partial charge on any atom is -0.483 e. The summed E-state index contributed by atoms with van der Waals surface area (Å²) in [5.74, 6) is 2.24. The van der Waals surface area contributed by atoms with Gasteiger partial charge in [-0.3, -0.25) is 9.89 Å². The molecule has 4 rings (SSSR count). The Morgan fingerprint density at radius 3 is 2.66 bits per heavy atom. The number of carboxylic acid groups (broad SMARTS) is 1. The predicted octanol–water partition coefficient (Wildman–Crippen LogP) is 0.789. The first-order valence-corrected chi connectivity index (χ1v) is 9.05. The fraction of sp³-hybridized carbons (Fsp3) is 0.333. The van der Waals surface area contributed by atoms with Gasteiger partial charge < -0.3 is 20.2 Å². The number of H-pyrrole nitrogens is 1. The topological polar surface area (TPSA) is 140 Å². The van der Waals surface area contributed by atoms with Gasteiger partial charge in [0.25, 0.3) is 6.47 Å². The quantitative estimate of drug-likeness (QED) is 0.550. The molecule has 1 aliphatic rings. The lowest BCUT2D eigenvalue weighted by Gasteiger charge is -2.35. The standard InChI is InChI=1S/C17H20N8O.CH2O2/c1-12-21-15(23-22-12)10-18-17(26)25-8-6-24(7-9-25)16-13-4-2-3-5-14(13)19-11-20-16;2-1-3/h2-5,11H,6-10H2,1H3,(H,18,26)(H,21,22,23);1H,(H,2,3). The molecule has 0 bridgehead atoms. The second-order valence-corrected chi connectivity index (χ2v) is 6.29.